The summed E-state index contributed by atoms with van der Waals surface area (Å²) in [4.78, 5) is 0.159. The Morgan fingerprint density at radius 1 is 1.10 bits per heavy atom. The Morgan fingerprint density at radius 3 is 2.40 bits per heavy atom. The molecule has 2 rings (SSSR count). The summed E-state index contributed by atoms with van der Waals surface area (Å²) in [5.41, 5.74) is 0. The first-order valence-electron chi connectivity index (χ1n) is 6.81. The van der Waals surface area contributed by atoms with E-state index in [1.165, 1.54) is 26.7 Å². The molecule has 0 aliphatic heterocycles. The van der Waals surface area contributed by atoms with Crippen LogP contribution in [-0.4, -0.2) is 28.7 Å². The van der Waals surface area contributed by atoms with Gasteiger partial charge in [-0.1, -0.05) is 19.3 Å². The van der Waals surface area contributed by atoms with E-state index < -0.39 is 10.0 Å². The molecule has 1 N–H and O–H groups in total. The second-order valence-electron chi connectivity index (χ2n) is 4.97. The van der Waals surface area contributed by atoms with E-state index in [0.29, 0.717) is 11.5 Å². The molecule has 1 aromatic rings. The Morgan fingerprint density at radius 2 is 1.80 bits per heavy atom. The maximum Gasteiger partial charge on any atom is 0.244 e. The van der Waals surface area contributed by atoms with Gasteiger partial charge in [-0.05, 0) is 25.0 Å². The van der Waals surface area contributed by atoms with Gasteiger partial charge in [-0.25, -0.2) is 13.1 Å². The van der Waals surface area contributed by atoms with Crippen molar-refractivity contribution in [3.63, 3.8) is 0 Å². The highest BCUT2D eigenvalue weighted by Gasteiger charge is 2.24. The summed E-state index contributed by atoms with van der Waals surface area (Å²) in [7, 11) is -0.574. The average molecular weight is 299 g/mol. The first-order valence-corrected chi connectivity index (χ1v) is 8.29. The summed E-state index contributed by atoms with van der Waals surface area (Å²) >= 11 is 0. The number of hydrogen-bond donors (Lipinski definition) is 1. The van der Waals surface area contributed by atoms with Crippen molar-refractivity contribution < 1.29 is 17.9 Å². The molecule has 5 nitrogen and oxygen atoms in total. The molecule has 0 saturated heterocycles. The van der Waals surface area contributed by atoms with Gasteiger partial charge in [-0.2, -0.15) is 0 Å². The molecule has 0 amide bonds. The number of sulfonamides is 1. The Balaban J connectivity index is 2.24. The van der Waals surface area contributed by atoms with Crippen LogP contribution in [0.15, 0.2) is 23.1 Å². The SMILES string of the molecule is COc1ccc(S(=O)(=O)NC2CCCCC2)c(OC)c1. The van der Waals surface area contributed by atoms with Gasteiger partial charge < -0.3 is 9.47 Å². The van der Waals surface area contributed by atoms with E-state index in [-0.39, 0.29) is 10.9 Å². The van der Waals surface area contributed by atoms with Crippen molar-refractivity contribution in [2.24, 2.45) is 0 Å². The number of nitrogens with one attached hydrogen (secondary N) is 1. The number of rotatable bonds is 5. The third-order valence-corrected chi connectivity index (χ3v) is 5.15. The molecule has 1 fully saturated rings. The van der Waals surface area contributed by atoms with Gasteiger partial charge in [0.2, 0.25) is 10.0 Å². The fourth-order valence-electron chi connectivity index (χ4n) is 2.50. The predicted octanol–water partition coefficient (Wildman–Crippen LogP) is 2.31. The highest BCUT2D eigenvalue weighted by molar-refractivity contribution is 7.89. The zero-order valence-corrected chi connectivity index (χ0v) is 12.7. The zero-order valence-electron chi connectivity index (χ0n) is 11.9. The Bertz CT molecular complexity index is 550. The Kier molecular flexibility index (Phi) is 4.88. The Hall–Kier alpha value is -1.27. The van der Waals surface area contributed by atoms with Crippen LogP contribution in [0.5, 0.6) is 11.5 Å². The van der Waals surface area contributed by atoms with E-state index in [2.05, 4.69) is 4.72 Å². The zero-order chi connectivity index (χ0) is 14.6. The van der Waals surface area contributed by atoms with Crippen LogP contribution in [0.3, 0.4) is 0 Å². The van der Waals surface area contributed by atoms with E-state index in [1.807, 2.05) is 0 Å². The fraction of sp³-hybridized carbons (Fsp3) is 0.571. The third-order valence-electron chi connectivity index (χ3n) is 3.59. The van der Waals surface area contributed by atoms with Gasteiger partial charge in [0.1, 0.15) is 16.4 Å². The predicted molar refractivity (Wildman–Crippen MR) is 76.7 cm³/mol. The van der Waals surface area contributed by atoms with Crippen molar-refractivity contribution in [1.82, 2.24) is 4.72 Å². The summed E-state index contributed by atoms with van der Waals surface area (Å²) < 4.78 is 37.9. The van der Waals surface area contributed by atoms with E-state index in [0.717, 1.165) is 25.7 Å². The van der Waals surface area contributed by atoms with E-state index in [9.17, 15) is 8.42 Å². The van der Waals surface area contributed by atoms with Crippen LogP contribution >= 0.6 is 0 Å². The van der Waals surface area contributed by atoms with Crippen molar-refractivity contribution in [3.8, 4) is 11.5 Å². The summed E-state index contributed by atoms with van der Waals surface area (Å²) in [6, 6.07) is 4.75. The minimum Gasteiger partial charge on any atom is -0.497 e. The number of methoxy groups -OCH3 is 2. The summed E-state index contributed by atoms with van der Waals surface area (Å²) in [5, 5.41) is 0. The monoisotopic (exact) mass is 299 g/mol. The highest BCUT2D eigenvalue weighted by atomic mass is 32.2. The van der Waals surface area contributed by atoms with Crippen LogP contribution in [0.4, 0.5) is 0 Å². The molecule has 1 aliphatic rings. The molecule has 0 atom stereocenters. The lowest BCUT2D eigenvalue weighted by Gasteiger charge is -2.23. The van der Waals surface area contributed by atoms with Crippen molar-refractivity contribution in [2.75, 3.05) is 14.2 Å². The quantitative estimate of drug-likeness (QED) is 0.906. The van der Waals surface area contributed by atoms with Gasteiger partial charge in [0.15, 0.2) is 0 Å². The van der Waals surface area contributed by atoms with Gasteiger partial charge in [0, 0.05) is 12.1 Å². The lowest BCUT2D eigenvalue weighted by molar-refractivity contribution is 0.384. The van der Waals surface area contributed by atoms with Gasteiger partial charge in [-0.3, -0.25) is 0 Å². The Labute approximate surface area is 120 Å². The molecule has 1 aromatic carbocycles. The van der Waals surface area contributed by atoms with Crippen molar-refractivity contribution >= 4 is 10.0 Å². The van der Waals surface area contributed by atoms with Crippen LogP contribution < -0.4 is 14.2 Å². The second kappa shape index (κ2) is 6.45. The normalized spacial score (nSPS) is 16.9. The summed E-state index contributed by atoms with van der Waals surface area (Å²) in [5.74, 6) is 0.867. The summed E-state index contributed by atoms with van der Waals surface area (Å²) in [6.45, 7) is 0. The van der Waals surface area contributed by atoms with E-state index >= 15 is 0 Å². The molecule has 0 heterocycles. The topological polar surface area (TPSA) is 64.6 Å². The minimum atomic E-state index is -3.56. The van der Waals surface area contributed by atoms with Gasteiger partial charge in [-0.15, -0.1) is 0 Å². The van der Waals surface area contributed by atoms with Gasteiger partial charge in [0.25, 0.3) is 0 Å². The molecule has 1 saturated carbocycles. The molecule has 0 aromatic heterocycles. The van der Waals surface area contributed by atoms with E-state index in [4.69, 9.17) is 9.47 Å². The third kappa shape index (κ3) is 3.43. The molecular weight excluding hydrogens is 278 g/mol. The molecule has 1 aliphatic carbocycles. The van der Waals surface area contributed by atoms with Crippen LogP contribution in [0.1, 0.15) is 32.1 Å². The molecular formula is C14H21NO4S. The summed E-state index contributed by atoms with van der Waals surface area (Å²) in [6.07, 6.45) is 5.14. The maximum absolute atomic E-state index is 12.4. The molecule has 20 heavy (non-hydrogen) atoms. The van der Waals surface area contributed by atoms with Crippen LogP contribution in [-0.2, 0) is 10.0 Å². The molecule has 0 radical (unpaired) electrons. The average Bonchev–Trinajstić information content (AvgIpc) is 2.47. The second-order valence-corrected chi connectivity index (χ2v) is 6.66. The number of ether oxygens (including phenoxy) is 2. The smallest absolute Gasteiger partial charge is 0.244 e. The number of hydrogen-bond acceptors (Lipinski definition) is 4. The lowest BCUT2D eigenvalue weighted by atomic mass is 9.96. The minimum absolute atomic E-state index is 0.0283. The van der Waals surface area contributed by atoms with Gasteiger partial charge >= 0.3 is 0 Å². The van der Waals surface area contributed by atoms with Crippen LogP contribution in [0.25, 0.3) is 0 Å². The molecule has 0 bridgehead atoms. The lowest BCUT2D eigenvalue weighted by Crippen LogP contribution is -2.36. The fourth-order valence-corrected chi connectivity index (χ4v) is 3.96. The molecule has 0 unspecified atom stereocenters. The van der Waals surface area contributed by atoms with Crippen molar-refractivity contribution in [1.29, 1.82) is 0 Å². The standard InChI is InChI=1S/C14H21NO4S/c1-18-12-8-9-14(13(10-12)19-2)20(16,17)15-11-6-4-3-5-7-11/h8-11,15H,3-7H2,1-2H3. The number of benzene rings is 1. The van der Waals surface area contributed by atoms with Crippen LogP contribution in [0.2, 0.25) is 0 Å². The molecule has 0 spiro atoms. The van der Waals surface area contributed by atoms with Crippen LogP contribution in [0, 0.1) is 0 Å². The molecule has 6 heteroatoms. The highest BCUT2D eigenvalue weighted by Crippen LogP contribution is 2.29. The first-order chi connectivity index (χ1) is 9.56. The van der Waals surface area contributed by atoms with Gasteiger partial charge in [0.05, 0.1) is 14.2 Å². The molecule has 112 valence electrons. The largest absolute Gasteiger partial charge is 0.497 e. The van der Waals surface area contributed by atoms with Crippen molar-refractivity contribution in [3.05, 3.63) is 18.2 Å². The van der Waals surface area contributed by atoms with Crippen molar-refractivity contribution in [2.45, 2.75) is 43.0 Å². The first kappa shape index (κ1) is 15.1. The van der Waals surface area contributed by atoms with E-state index in [1.54, 1.807) is 12.1 Å². The maximum atomic E-state index is 12.4.